The molecule has 0 N–H and O–H groups in total. The molecule has 1 aromatic carbocycles. The van der Waals surface area contributed by atoms with E-state index in [0.717, 1.165) is 57.4 Å². The summed E-state index contributed by atoms with van der Waals surface area (Å²) in [5, 5.41) is 0. The Bertz CT molecular complexity index is 426. The van der Waals surface area contributed by atoms with Crippen molar-refractivity contribution in [3.05, 3.63) is 35.6 Å². The highest BCUT2D eigenvalue weighted by Crippen LogP contribution is 2.16. The summed E-state index contributed by atoms with van der Waals surface area (Å²) >= 11 is 0. The average molecular weight is 278 g/mol. The highest BCUT2D eigenvalue weighted by atomic mass is 19.1. The molecule has 0 amide bonds. The van der Waals surface area contributed by atoms with Crippen LogP contribution in [0.5, 0.6) is 0 Å². The predicted octanol–water partition coefficient (Wildman–Crippen LogP) is 1.98. The number of piperazine rings is 1. The van der Waals surface area contributed by atoms with Gasteiger partial charge in [-0.3, -0.25) is 4.90 Å². The molecule has 3 nitrogen and oxygen atoms in total. The normalized spacial score (nSPS) is 25.1. The summed E-state index contributed by atoms with van der Waals surface area (Å²) in [6.07, 6.45) is 1.21. The number of hydrogen-bond donors (Lipinski definition) is 0. The minimum Gasteiger partial charge on any atom is -0.381 e. The van der Waals surface area contributed by atoms with Gasteiger partial charge in [-0.2, -0.15) is 0 Å². The predicted molar refractivity (Wildman–Crippen MR) is 77.0 cm³/mol. The van der Waals surface area contributed by atoms with Crippen LogP contribution in [0.25, 0.3) is 0 Å². The molecule has 0 spiro atoms. The van der Waals surface area contributed by atoms with E-state index in [4.69, 9.17) is 4.74 Å². The van der Waals surface area contributed by atoms with E-state index in [-0.39, 0.29) is 5.82 Å². The minimum absolute atomic E-state index is 0.137. The van der Waals surface area contributed by atoms with Gasteiger partial charge in [0.2, 0.25) is 0 Å². The molecule has 4 heteroatoms. The fraction of sp³-hybridized carbons (Fsp3) is 0.625. The molecule has 0 aromatic heterocycles. The molecule has 0 aliphatic carbocycles. The van der Waals surface area contributed by atoms with E-state index in [1.807, 2.05) is 6.07 Å². The number of benzene rings is 1. The van der Waals surface area contributed by atoms with Crippen molar-refractivity contribution in [1.82, 2.24) is 9.80 Å². The number of ether oxygens (including phenoxy) is 1. The number of halogens is 1. The molecule has 2 aliphatic rings. The van der Waals surface area contributed by atoms with Crippen molar-refractivity contribution >= 4 is 0 Å². The van der Waals surface area contributed by atoms with Crippen molar-refractivity contribution in [2.45, 2.75) is 13.0 Å². The summed E-state index contributed by atoms with van der Waals surface area (Å²) in [7, 11) is 0. The molecule has 2 fully saturated rings. The van der Waals surface area contributed by atoms with Crippen molar-refractivity contribution in [2.24, 2.45) is 5.92 Å². The summed E-state index contributed by atoms with van der Waals surface area (Å²) in [6, 6.07) is 6.94. The van der Waals surface area contributed by atoms with Crippen LogP contribution < -0.4 is 0 Å². The Balaban J connectivity index is 1.43. The molecule has 110 valence electrons. The van der Waals surface area contributed by atoms with Gasteiger partial charge in [-0.1, -0.05) is 12.1 Å². The van der Waals surface area contributed by atoms with Crippen LogP contribution in [0.2, 0.25) is 0 Å². The van der Waals surface area contributed by atoms with Crippen LogP contribution in [-0.4, -0.2) is 55.7 Å². The lowest BCUT2D eigenvalue weighted by atomic mass is 10.1. The number of rotatable bonds is 4. The van der Waals surface area contributed by atoms with Crippen molar-refractivity contribution < 1.29 is 9.13 Å². The highest BCUT2D eigenvalue weighted by molar-refractivity contribution is 5.16. The second kappa shape index (κ2) is 6.66. The Labute approximate surface area is 120 Å². The van der Waals surface area contributed by atoms with Crippen LogP contribution in [0.4, 0.5) is 4.39 Å². The lowest BCUT2D eigenvalue weighted by molar-refractivity contribution is 0.107. The fourth-order valence-corrected chi connectivity index (χ4v) is 3.12. The Morgan fingerprint density at radius 1 is 1.15 bits per heavy atom. The smallest absolute Gasteiger partial charge is 0.123 e. The van der Waals surface area contributed by atoms with Gasteiger partial charge in [0.1, 0.15) is 5.82 Å². The summed E-state index contributed by atoms with van der Waals surface area (Å²) in [6.45, 7) is 8.28. The van der Waals surface area contributed by atoms with Crippen LogP contribution >= 0.6 is 0 Å². The molecular formula is C16H23FN2O. The van der Waals surface area contributed by atoms with E-state index in [1.165, 1.54) is 19.0 Å². The molecule has 2 saturated heterocycles. The van der Waals surface area contributed by atoms with Gasteiger partial charge in [-0.25, -0.2) is 4.39 Å². The summed E-state index contributed by atoms with van der Waals surface area (Å²) in [5.41, 5.74) is 1.07. The molecule has 0 unspecified atom stereocenters. The first-order valence-electron chi connectivity index (χ1n) is 7.56. The van der Waals surface area contributed by atoms with Gasteiger partial charge < -0.3 is 9.64 Å². The van der Waals surface area contributed by atoms with E-state index in [9.17, 15) is 4.39 Å². The molecule has 20 heavy (non-hydrogen) atoms. The molecule has 3 rings (SSSR count). The lowest BCUT2D eigenvalue weighted by Gasteiger charge is -2.35. The average Bonchev–Trinajstić information content (AvgIpc) is 2.94. The molecule has 2 aliphatic heterocycles. The summed E-state index contributed by atoms with van der Waals surface area (Å²) < 4.78 is 18.6. The number of nitrogens with zero attached hydrogens (tertiary/aromatic N) is 2. The van der Waals surface area contributed by atoms with Crippen molar-refractivity contribution in [2.75, 3.05) is 45.9 Å². The third-order valence-corrected chi connectivity index (χ3v) is 4.30. The van der Waals surface area contributed by atoms with Crippen LogP contribution in [0.15, 0.2) is 24.3 Å². The molecular weight excluding hydrogens is 255 g/mol. The van der Waals surface area contributed by atoms with Crippen molar-refractivity contribution in [3.8, 4) is 0 Å². The third-order valence-electron chi connectivity index (χ3n) is 4.30. The van der Waals surface area contributed by atoms with Gasteiger partial charge in [-0.05, 0) is 30.0 Å². The molecule has 1 atom stereocenters. The molecule has 0 radical (unpaired) electrons. The van der Waals surface area contributed by atoms with Gasteiger partial charge in [-0.15, -0.1) is 0 Å². The second-order valence-corrected chi connectivity index (χ2v) is 5.94. The van der Waals surface area contributed by atoms with Gasteiger partial charge >= 0.3 is 0 Å². The van der Waals surface area contributed by atoms with Crippen molar-refractivity contribution in [3.63, 3.8) is 0 Å². The standard InChI is InChI=1S/C16H23FN2O/c17-16-3-1-2-14(10-16)11-18-5-7-19(8-6-18)12-15-4-9-20-13-15/h1-3,10,15H,4-9,11-13H2/t15-/m1/s1. The third kappa shape index (κ3) is 3.78. The Morgan fingerprint density at radius 2 is 1.95 bits per heavy atom. The topological polar surface area (TPSA) is 15.7 Å². The number of hydrogen-bond acceptors (Lipinski definition) is 3. The molecule has 0 saturated carbocycles. The summed E-state index contributed by atoms with van der Waals surface area (Å²) in [4.78, 5) is 4.96. The molecule has 0 bridgehead atoms. The van der Waals surface area contributed by atoms with Gasteiger partial charge in [0.25, 0.3) is 0 Å². The van der Waals surface area contributed by atoms with Crippen molar-refractivity contribution in [1.29, 1.82) is 0 Å². The zero-order chi connectivity index (χ0) is 13.8. The lowest BCUT2D eigenvalue weighted by Crippen LogP contribution is -2.47. The SMILES string of the molecule is Fc1cccc(CN2CCN(C[C@H]3CCOC3)CC2)c1. The van der Waals surface area contributed by atoms with E-state index in [2.05, 4.69) is 9.80 Å². The Hall–Kier alpha value is -0.970. The van der Waals surface area contributed by atoms with Crippen LogP contribution in [-0.2, 0) is 11.3 Å². The quantitative estimate of drug-likeness (QED) is 0.837. The first-order chi connectivity index (χ1) is 9.79. The zero-order valence-electron chi connectivity index (χ0n) is 11.9. The van der Waals surface area contributed by atoms with Crippen LogP contribution in [0.1, 0.15) is 12.0 Å². The maximum Gasteiger partial charge on any atom is 0.123 e. The maximum atomic E-state index is 13.2. The Morgan fingerprint density at radius 3 is 2.65 bits per heavy atom. The van der Waals surface area contributed by atoms with Crippen LogP contribution in [0.3, 0.4) is 0 Å². The van der Waals surface area contributed by atoms with E-state index in [0.29, 0.717) is 0 Å². The fourth-order valence-electron chi connectivity index (χ4n) is 3.12. The first kappa shape index (κ1) is 14.0. The van der Waals surface area contributed by atoms with E-state index < -0.39 is 0 Å². The highest BCUT2D eigenvalue weighted by Gasteiger charge is 2.22. The van der Waals surface area contributed by atoms with Gasteiger partial charge in [0.15, 0.2) is 0 Å². The maximum absolute atomic E-state index is 13.2. The van der Waals surface area contributed by atoms with E-state index in [1.54, 1.807) is 12.1 Å². The largest absolute Gasteiger partial charge is 0.381 e. The first-order valence-corrected chi connectivity index (χ1v) is 7.56. The van der Waals surface area contributed by atoms with Crippen LogP contribution in [0, 0.1) is 11.7 Å². The van der Waals surface area contributed by atoms with Gasteiger partial charge in [0, 0.05) is 45.9 Å². The molecule has 2 heterocycles. The zero-order valence-corrected chi connectivity index (χ0v) is 11.9. The summed E-state index contributed by atoms with van der Waals surface area (Å²) in [5.74, 6) is 0.590. The molecule has 1 aromatic rings. The van der Waals surface area contributed by atoms with E-state index >= 15 is 0 Å². The monoisotopic (exact) mass is 278 g/mol. The minimum atomic E-state index is -0.137. The Kier molecular flexibility index (Phi) is 4.65. The van der Waals surface area contributed by atoms with Gasteiger partial charge in [0.05, 0.1) is 6.61 Å². The second-order valence-electron chi connectivity index (χ2n) is 5.94.